The van der Waals surface area contributed by atoms with Crippen LogP contribution in [0.4, 0.5) is 5.69 Å². The summed E-state index contributed by atoms with van der Waals surface area (Å²) in [6.45, 7) is 1.62. The van der Waals surface area contributed by atoms with Gasteiger partial charge in [0.25, 0.3) is 10.0 Å². The van der Waals surface area contributed by atoms with Gasteiger partial charge in [-0.1, -0.05) is 0 Å². The van der Waals surface area contributed by atoms with Gasteiger partial charge in [0.2, 0.25) is 0 Å². The summed E-state index contributed by atoms with van der Waals surface area (Å²) < 4.78 is 26.0. The number of aromatic amines is 1. The molecule has 7 nitrogen and oxygen atoms in total. The molecule has 0 unspecified atom stereocenters. The zero-order valence-electron chi connectivity index (χ0n) is 9.17. The van der Waals surface area contributed by atoms with Gasteiger partial charge in [-0.3, -0.25) is 4.72 Å². The van der Waals surface area contributed by atoms with Gasteiger partial charge in [-0.05, 0) is 18.4 Å². The quantitative estimate of drug-likeness (QED) is 0.784. The summed E-state index contributed by atoms with van der Waals surface area (Å²) in [7, 11) is -3.84. The van der Waals surface area contributed by atoms with Crippen LogP contribution in [0.25, 0.3) is 0 Å². The number of rotatable bonds is 4. The number of aryl methyl sites for hydroxylation is 1. The molecule has 0 aliphatic heterocycles. The molecule has 2 aromatic rings. The average Bonchev–Trinajstić information content (AvgIpc) is 2.86. The van der Waals surface area contributed by atoms with E-state index < -0.39 is 16.0 Å². The van der Waals surface area contributed by atoms with Crippen LogP contribution < -0.4 is 4.72 Å². The highest BCUT2D eigenvalue weighted by Crippen LogP contribution is 2.24. The van der Waals surface area contributed by atoms with Crippen molar-refractivity contribution in [3.63, 3.8) is 0 Å². The van der Waals surface area contributed by atoms with Crippen molar-refractivity contribution in [1.29, 1.82) is 0 Å². The van der Waals surface area contributed by atoms with E-state index in [1.807, 2.05) is 0 Å². The molecule has 0 bridgehead atoms. The summed E-state index contributed by atoms with van der Waals surface area (Å²) in [5.41, 5.74) is 0.0414. The number of H-pyrrole nitrogens is 1. The first kappa shape index (κ1) is 12.6. The molecular formula is C9H9N3O4S2. The zero-order valence-corrected chi connectivity index (χ0v) is 10.8. The first-order valence-corrected chi connectivity index (χ1v) is 7.11. The highest BCUT2D eigenvalue weighted by Gasteiger charge is 2.20. The van der Waals surface area contributed by atoms with Crippen LogP contribution in [0.5, 0.6) is 0 Å². The molecule has 0 saturated heterocycles. The van der Waals surface area contributed by atoms with Crippen molar-refractivity contribution in [2.75, 3.05) is 4.72 Å². The van der Waals surface area contributed by atoms with Gasteiger partial charge in [-0.25, -0.2) is 9.78 Å². The summed E-state index contributed by atoms with van der Waals surface area (Å²) in [5.74, 6) is -0.720. The van der Waals surface area contributed by atoms with Crippen molar-refractivity contribution in [1.82, 2.24) is 9.97 Å². The highest BCUT2D eigenvalue weighted by molar-refractivity contribution is 7.92. The van der Waals surface area contributed by atoms with Gasteiger partial charge in [0, 0.05) is 0 Å². The number of hydrogen-bond donors (Lipinski definition) is 3. The fourth-order valence-electron chi connectivity index (χ4n) is 1.29. The lowest BCUT2D eigenvalue weighted by molar-refractivity contribution is 0.0703. The fourth-order valence-corrected chi connectivity index (χ4v) is 3.08. The number of imidazole rings is 1. The number of hydrogen-bond acceptors (Lipinski definition) is 5. The minimum atomic E-state index is -3.84. The lowest BCUT2D eigenvalue weighted by atomic mass is 10.4. The Morgan fingerprint density at radius 1 is 1.56 bits per heavy atom. The van der Waals surface area contributed by atoms with E-state index >= 15 is 0 Å². The third kappa shape index (κ3) is 2.36. The van der Waals surface area contributed by atoms with Crippen LogP contribution in [0.3, 0.4) is 0 Å². The van der Waals surface area contributed by atoms with Crippen molar-refractivity contribution < 1.29 is 18.3 Å². The Balaban J connectivity index is 2.34. The first-order valence-electron chi connectivity index (χ1n) is 4.75. The van der Waals surface area contributed by atoms with Gasteiger partial charge in [-0.15, -0.1) is 11.3 Å². The third-order valence-electron chi connectivity index (χ3n) is 2.07. The zero-order chi connectivity index (χ0) is 13.3. The Morgan fingerprint density at radius 3 is 2.83 bits per heavy atom. The Labute approximate surface area is 107 Å². The van der Waals surface area contributed by atoms with Crippen molar-refractivity contribution in [2.45, 2.75) is 11.9 Å². The Kier molecular flexibility index (Phi) is 3.09. The molecule has 2 aromatic heterocycles. The smallest absolute Gasteiger partial charge is 0.348 e. The molecule has 0 spiro atoms. The number of nitrogens with zero attached hydrogens (tertiary/aromatic N) is 1. The number of anilines is 1. The Hall–Kier alpha value is -1.87. The van der Waals surface area contributed by atoms with Gasteiger partial charge >= 0.3 is 5.97 Å². The number of carbonyl (C=O) groups is 1. The fraction of sp³-hybridized carbons (Fsp3) is 0.111. The van der Waals surface area contributed by atoms with Crippen LogP contribution >= 0.6 is 11.3 Å². The average molecular weight is 287 g/mol. The molecule has 18 heavy (non-hydrogen) atoms. The molecule has 0 aromatic carbocycles. The molecule has 0 aliphatic rings. The maximum absolute atomic E-state index is 11.9. The van der Waals surface area contributed by atoms with E-state index in [-0.39, 0.29) is 15.6 Å². The first-order chi connectivity index (χ1) is 8.40. The second-order valence-corrected chi connectivity index (χ2v) is 5.97. The van der Waals surface area contributed by atoms with Crippen LogP contribution in [-0.4, -0.2) is 29.5 Å². The summed E-state index contributed by atoms with van der Waals surface area (Å²) in [4.78, 5) is 17.2. The largest absolute Gasteiger partial charge is 0.477 e. The maximum Gasteiger partial charge on any atom is 0.348 e. The summed E-state index contributed by atoms with van der Waals surface area (Å²) in [6, 6.07) is 1.40. The maximum atomic E-state index is 11.9. The summed E-state index contributed by atoms with van der Waals surface area (Å²) in [5, 5.41) is 10.3. The normalized spacial score (nSPS) is 11.4. The van der Waals surface area contributed by atoms with Gasteiger partial charge in [0.1, 0.15) is 10.7 Å². The number of aromatic carboxylic acids is 1. The van der Waals surface area contributed by atoms with E-state index in [1.165, 1.54) is 17.6 Å². The molecule has 0 amide bonds. The molecule has 0 fully saturated rings. The molecule has 3 N–H and O–H groups in total. The lowest BCUT2D eigenvalue weighted by Crippen LogP contribution is -2.14. The monoisotopic (exact) mass is 287 g/mol. The van der Waals surface area contributed by atoms with Crippen LogP contribution in [0, 0.1) is 6.92 Å². The van der Waals surface area contributed by atoms with Crippen LogP contribution in [0.2, 0.25) is 0 Å². The second kappa shape index (κ2) is 4.42. The molecule has 2 rings (SSSR count). The van der Waals surface area contributed by atoms with E-state index in [0.717, 1.165) is 11.3 Å². The molecule has 0 saturated carbocycles. The van der Waals surface area contributed by atoms with E-state index in [9.17, 15) is 13.2 Å². The van der Waals surface area contributed by atoms with Gasteiger partial charge < -0.3 is 10.1 Å². The number of carboxylic acids is 1. The summed E-state index contributed by atoms with van der Waals surface area (Å²) in [6.07, 6.45) is 1.17. The van der Waals surface area contributed by atoms with Crippen molar-refractivity contribution in [3.8, 4) is 0 Å². The highest BCUT2D eigenvalue weighted by atomic mass is 32.2. The van der Waals surface area contributed by atoms with Crippen molar-refractivity contribution in [3.05, 3.63) is 28.3 Å². The van der Waals surface area contributed by atoms with Gasteiger partial charge in [0.05, 0.1) is 11.9 Å². The predicted molar refractivity (Wildman–Crippen MR) is 65.4 cm³/mol. The third-order valence-corrected chi connectivity index (χ3v) is 4.25. The standard InChI is InChI=1S/C9H9N3O4S2/c1-5-10-4-7(11-5)18(15,16)12-6-2-3-17-8(6)9(13)14/h2-4,12H,1H3,(H,10,11)(H,13,14). The van der Waals surface area contributed by atoms with E-state index in [2.05, 4.69) is 14.7 Å². The molecule has 0 radical (unpaired) electrons. The molecule has 9 heteroatoms. The van der Waals surface area contributed by atoms with Crippen molar-refractivity contribution >= 4 is 33.0 Å². The topological polar surface area (TPSA) is 112 Å². The minimum Gasteiger partial charge on any atom is -0.477 e. The predicted octanol–water partition coefficient (Wildman–Crippen LogP) is 1.28. The van der Waals surface area contributed by atoms with Crippen LogP contribution in [0.15, 0.2) is 22.7 Å². The van der Waals surface area contributed by atoms with Crippen molar-refractivity contribution in [2.24, 2.45) is 0 Å². The van der Waals surface area contributed by atoms with E-state index in [0.29, 0.717) is 5.82 Å². The van der Waals surface area contributed by atoms with Crippen LogP contribution in [0.1, 0.15) is 15.5 Å². The molecule has 96 valence electrons. The SMILES string of the molecule is Cc1ncc(S(=O)(=O)Nc2ccsc2C(=O)O)[nH]1. The Bertz CT molecular complexity index is 686. The number of carboxylic acid groups (broad SMARTS) is 1. The number of aromatic nitrogens is 2. The number of thiophene rings is 1. The van der Waals surface area contributed by atoms with Gasteiger partial charge in [-0.2, -0.15) is 8.42 Å². The van der Waals surface area contributed by atoms with E-state index in [4.69, 9.17) is 5.11 Å². The molecule has 2 heterocycles. The number of nitrogens with one attached hydrogen (secondary N) is 2. The molecular weight excluding hydrogens is 278 g/mol. The Morgan fingerprint density at radius 2 is 2.28 bits per heavy atom. The second-order valence-electron chi connectivity index (χ2n) is 3.41. The summed E-state index contributed by atoms with van der Waals surface area (Å²) >= 11 is 0.946. The molecule has 0 aliphatic carbocycles. The minimum absolute atomic E-state index is 0.0414. The van der Waals surface area contributed by atoms with E-state index in [1.54, 1.807) is 6.92 Å². The lowest BCUT2D eigenvalue weighted by Gasteiger charge is -2.04. The van der Waals surface area contributed by atoms with Gasteiger partial charge in [0.15, 0.2) is 5.03 Å². The molecule has 0 atom stereocenters. The number of sulfonamides is 1. The van der Waals surface area contributed by atoms with Crippen LogP contribution in [-0.2, 0) is 10.0 Å².